The molecule has 2 aliphatic rings. The van der Waals surface area contributed by atoms with E-state index in [0.29, 0.717) is 24.8 Å². The minimum Gasteiger partial charge on any atom is -0.331 e. The summed E-state index contributed by atoms with van der Waals surface area (Å²) < 4.78 is 0. The van der Waals surface area contributed by atoms with Gasteiger partial charge >= 0.3 is 0 Å². The minimum absolute atomic E-state index is 0.0867. The lowest BCUT2D eigenvalue weighted by Crippen LogP contribution is -2.26. The minimum atomic E-state index is -0.348. The van der Waals surface area contributed by atoms with Crippen molar-refractivity contribution in [1.29, 1.82) is 0 Å². The van der Waals surface area contributed by atoms with Crippen molar-refractivity contribution in [2.24, 2.45) is 0 Å². The topological polar surface area (TPSA) is 91.0 Å². The van der Waals surface area contributed by atoms with Gasteiger partial charge in [0.15, 0.2) is 5.82 Å². The highest BCUT2D eigenvalue weighted by Gasteiger charge is 2.26. The van der Waals surface area contributed by atoms with Gasteiger partial charge in [0.1, 0.15) is 0 Å². The van der Waals surface area contributed by atoms with E-state index in [0.717, 1.165) is 22.5 Å². The molecule has 1 atom stereocenters. The molecule has 1 aliphatic heterocycles. The normalized spacial score (nSPS) is 17.2. The number of carbonyl (C=O) groups excluding carboxylic acids is 2. The number of amides is 2. The molecule has 1 fully saturated rings. The van der Waals surface area contributed by atoms with Gasteiger partial charge in [0.25, 0.3) is 0 Å². The fourth-order valence-electron chi connectivity index (χ4n) is 3.28. The monoisotopic (exact) mass is 377 g/mol. The Hall–Kier alpha value is -3.22. The van der Waals surface area contributed by atoms with Crippen LogP contribution in [0.4, 0.5) is 5.82 Å². The smallest absolute Gasteiger partial charge is 0.246 e. The Morgan fingerprint density at radius 3 is 2.89 bits per heavy atom. The molecular formula is C21H23N5O2. The summed E-state index contributed by atoms with van der Waals surface area (Å²) in [6.07, 6.45) is 7.40. The van der Waals surface area contributed by atoms with Crippen LogP contribution < -0.4 is 5.32 Å². The maximum absolute atomic E-state index is 12.5. The Labute approximate surface area is 163 Å². The molecule has 0 radical (unpaired) electrons. The third-order valence-corrected chi connectivity index (χ3v) is 5.28. The van der Waals surface area contributed by atoms with Gasteiger partial charge in [0.05, 0.1) is 11.6 Å². The van der Waals surface area contributed by atoms with Crippen LogP contribution in [0.1, 0.15) is 48.6 Å². The van der Waals surface area contributed by atoms with Gasteiger partial charge in [-0.3, -0.25) is 19.7 Å². The molecule has 1 aliphatic carbocycles. The van der Waals surface area contributed by atoms with E-state index in [4.69, 9.17) is 0 Å². The fourth-order valence-corrected chi connectivity index (χ4v) is 3.28. The van der Waals surface area contributed by atoms with Gasteiger partial charge in [0.2, 0.25) is 11.8 Å². The molecule has 0 bridgehead atoms. The Morgan fingerprint density at radius 1 is 1.39 bits per heavy atom. The summed E-state index contributed by atoms with van der Waals surface area (Å²) in [7, 11) is 0. The second-order valence-corrected chi connectivity index (χ2v) is 7.32. The molecule has 2 amide bonds. The summed E-state index contributed by atoms with van der Waals surface area (Å²) in [5.41, 5.74) is 3.74. The molecule has 2 N–H and O–H groups in total. The number of H-pyrrole nitrogens is 1. The molecule has 2 aromatic heterocycles. The van der Waals surface area contributed by atoms with Gasteiger partial charge in [-0.1, -0.05) is 18.7 Å². The van der Waals surface area contributed by atoms with Crippen molar-refractivity contribution in [3.63, 3.8) is 0 Å². The predicted molar refractivity (Wildman–Crippen MR) is 107 cm³/mol. The average molecular weight is 377 g/mol. The summed E-state index contributed by atoms with van der Waals surface area (Å²) in [6.45, 7) is 6.45. The average Bonchev–Trinajstić information content (AvgIpc) is 3.26. The highest BCUT2D eigenvalue weighted by Crippen LogP contribution is 2.39. The lowest BCUT2D eigenvalue weighted by Gasteiger charge is -2.14. The molecule has 1 saturated carbocycles. The first kappa shape index (κ1) is 18.2. The maximum Gasteiger partial charge on any atom is 0.246 e. The number of aromatic amines is 1. The molecule has 0 aromatic carbocycles. The number of nitrogens with zero attached hydrogens (tertiary/aromatic N) is 3. The van der Waals surface area contributed by atoms with Crippen LogP contribution in [0, 0.1) is 0 Å². The first-order chi connectivity index (χ1) is 13.5. The summed E-state index contributed by atoms with van der Waals surface area (Å²) in [5, 5.41) is 10.0. The summed E-state index contributed by atoms with van der Waals surface area (Å²) >= 11 is 0. The van der Waals surface area contributed by atoms with Crippen molar-refractivity contribution in [2.45, 2.75) is 31.6 Å². The van der Waals surface area contributed by atoms with Crippen LogP contribution in [0.15, 0.2) is 43.1 Å². The number of rotatable bonds is 6. The molecule has 0 saturated heterocycles. The van der Waals surface area contributed by atoms with Crippen molar-refractivity contribution in [3.8, 4) is 0 Å². The second-order valence-electron chi connectivity index (χ2n) is 7.32. The highest BCUT2D eigenvalue weighted by molar-refractivity contribution is 5.95. The number of pyridine rings is 1. The maximum atomic E-state index is 12.5. The molecule has 28 heavy (non-hydrogen) atoms. The van der Waals surface area contributed by atoms with Crippen LogP contribution in [0.3, 0.4) is 0 Å². The fraction of sp³-hybridized carbons (Fsp3) is 0.333. The third-order valence-electron chi connectivity index (χ3n) is 5.28. The van der Waals surface area contributed by atoms with Crippen molar-refractivity contribution < 1.29 is 9.59 Å². The van der Waals surface area contributed by atoms with Gasteiger partial charge in [-0.15, -0.1) is 0 Å². The van der Waals surface area contributed by atoms with Gasteiger partial charge in [-0.25, -0.2) is 0 Å². The van der Waals surface area contributed by atoms with E-state index in [2.05, 4.69) is 27.1 Å². The molecule has 1 unspecified atom stereocenters. The van der Waals surface area contributed by atoms with Crippen LogP contribution in [0.5, 0.6) is 0 Å². The predicted octanol–water partition coefficient (Wildman–Crippen LogP) is 2.84. The van der Waals surface area contributed by atoms with Crippen molar-refractivity contribution in [2.75, 3.05) is 18.4 Å². The number of hydrogen-bond acceptors (Lipinski definition) is 4. The lowest BCUT2D eigenvalue weighted by atomic mass is 10.0. The molecule has 0 spiro atoms. The van der Waals surface area contributed by atoms with Crippen LogP contribution >= 0.6 is 0 Å². The number of hydrogen-bond donors (Lipinski definition) is 2. The summed E-state index contributed by atoms with van der Waals surface area (Å²) in [4.78, 5) is 30.4. The molecule has 7 nitrogen and oxygen atoms in total. The number of nitrogens with one attached hydrogen (secondary N) is 2. The van der Waals surface area contributed by atoms with Gasteiger partial charge in [0, 0.05) is 37.0 Å². The zero-order chi connectivity index (χ0) is 19.7. The van der Waals surface area contributed by atoms with E-state index in [9.17, 15) is 9.59 Å². The summed E-state index contributed by atoms with van der Waals surface area (Å²) in [6, 6.07) is 5.71. The molecule has 3 heterocycles. The lowest BCUT2D eigenvalue weighted by molar-refractivity contribution is -0.124. The van der Waals surface area contributed by atoms with E-state index in [1.165, 1.54) is 18.9 Å². The van der Waals surface area contributed by atoms with E-state index in [1.807, 2.05) is 31.2 Å². The van der Waals surface area contributed by atoms with Crippen molar-refractivity contribution in [1.82, 2.24) is 20.1 Å². The number of carbonyl (C=O) groups is 2. The van der Waals surface area contributed by atoms with Crippen LogP contribution in [-0.2, 0) is 9.59 Å². The quantitative estimate of drug-likeness (QED) is 0.758. The first-order valence-corrected chi connectivity index (χ1v) is 9.48. The summed E-state index contributed by atoms with van der Waals surface area (Å²) in [5.74, 6) is 0.572. The van der Waals surface area contributed by atoms with Crippen molar-refractivity contribution in [3.05, 3.63) is 60.1 Å². The molecule has 144 valence electrons. The highest BCUT2D eigenvalue weighted by atomic mass is 16.2. The van der Waals surface area contributed by atoms with E-state index in [-0.39, 0.29) is 17.7 Å². The largest absolute Gasteiger partial charge is 0.331 e. The molecule has 2 aromatic rings. The Bertz CT molecular complexity index is 940. The van der Waals surface area contributed by atoms with Crippen molar-refractivity contribution >= 4 is 23.2 Å². The van der Waals surface area contributed by atoms with E-state index in [1.54, 1.807) is 11.1 Å². The number of aromatic nitrogens is 3. The molecule has 4 rings (SSSR count). The Balaban J connectivity index is 1.38. The molecule has 7 heteroatoms. The second kappa shape index (κ2) is 7.42. The number of anilines is 1. The standard InChI is InChI=1S/C21H23N5O2/c1-3-20(27)26-9-8-16(12-26)17-7-6-15(11-22-17)13(2)21(28)23-19-10-18(24-25-19)14-4-5-14/h3,6-8,10-11,13-14H,1,4-5,9,12H2,2H3,(H2,23,24,25,28). The third kappa shape index (κ3) is 3.74. The first-order valence-electron chi connectivity index (χ1n) is 9.48. The van der Waals surface area contributed by atoms with E-state index >= 15 is 0 Å². The van der Waals surface area contributed by atoms with Gasteiger partial charge < -0.3 is 10.2 Å². The zero-order valence-electron chi connectivity index (χ0n) is 15.8. The Kier molecular flexibility index (Phi) is 4.81. The molecular weight excluding hydrogens is 354 g/mol. The van der Waals surface area contributed by atoms with Crippen LogP contribution in [-0.4, -0.2) is 45.0 Å². The Morgan fingerprint density at radius 2 is 2.21 bits per heavy atom. The SMILES string of the molecule is C=CC(=O)N1CC=C(c2ccc(C(C)C(=O)Nc3cc(C4CC4)[nH]n3)cn2)C1. The van der Waals surface area contributed by atoms with Crippen LogP contribution in [0.2, 0.25) is 0 Å². The van der Waals surface area contributed by atoms with Crippen LogP contribution in [0.25, 0.3) is 5.57 Å². The van der Waals surface area contributed by atoms with Gasteiger partial charge in [-0.2, -0.15) is 5.10 Å². The van der Waals surface area contributed by atoms with E-state index < -0.39 is 0 Å². The zero-order valence-corrected chi connectivity index (χ0v) is 15.8. The van der Waals surface area contributed by atoms with Gasteiger partial charge in [-0.05, 0) is 43.0 Å².